The van der Waals surface area contributed by atoms with E-state index in [2.05, 4.69) is 28.1 Å². The van der Waals surface area contributed by atoms with Crippen molar-refractivity contribution in [3.8, 4) is 0 Å². The zero-order valence-corrected chi connectivity index (χ0v) is 16.9. The fourth-order valence-corrected chi connectivity index (χ4v) is 4.64. The first-order valence-electron chi connectivity index (χ1n) is 10.4. The molecule has 2 bridgehead atoms. The SMILES string of the molecule is CC(=O)Nc1cccc(N2C(=O)N[C@@H](CCC(=O)NCC3CC4C=CC3C4)C2=O)c1. The molecule has 1 heterocycles. The maximum atomic E-state index is 12.7. The van der Waals surface area contributed by atoms with E-state index in [1.807, 2.05) is 0 Å². The molecule has 2 fully saturated rings. The van der Waals surface area contributed by atoms with E-state index in [9.17, 15) is 19.2 Å². The number of hydrogen-bond donors (Lipinski definition) is 3. The summed E-state index contributed by atoms with van der Waals surface area (Å²) in [7, 11) is 0. The molecule has 3 N–H and O–H groups in total. The van der Waals surface area contributed by atoms with Gasteiger partial charge >= 0.3 is 6.03 Å². The van der Waals surface area contributed by atoms with E-state index in [0.717, 1.165) is 11.3 Å². The number of hydrogen-bond acceptors (Lipinski definition) is 4. The van der Waals surface area contributed by atoms with Gasteiger partial charge in [0.1, 0.15) is 6.04 Å². The lowest BCUT2D eigenvalue weighted by molar-refractivity contribution is -0.122. The van der Waals surface area contributed by atoms with Gasteiger partial charge in [0.05, 0.1) is 5.69 Å². The molecule has 5 amide bonds. The third-order valence-electron chi connectivity index (χ3n) is 6.08. The molecule has 1 saturated carbocycles. The highest BCUT2D eigenvalue weighted by atomic mass is 16.2. The van der Waals surface area contributed by atoms with Crippen molar-refractivity contribution < 1.29 is 19.2 Å². The molecular formula is C22H26N4O4. The highest BCUT2D eigenvalue weighted by molar-refractivity contribution is 6.21. The van der Waals surface area contributed by atoms with Gasteiger partial charge in [-0.1, -0.05) is 18.2 Å². The van der Waals surface area contributed by atoms with Crippen LogP contribution in [-0.2, 0) is 14.4 Å². The number of benzene rings is 1. The Bertz CT molecular complexity index is 912. The van der Waals surface area contributed by atoms with E-state index in [1.54, 1.807) is 24.3 Å². The summed E-state index contributed by atoms with van der Waals surface area (Å²) in [5.41, 5.74) is 0.874. The maximum Gasteiger partial charge on any atom is 0.329 e. The Kier molecular flexibility index (Phi) is 5.57. The molecular weight excluding hydrogens is 384 g/mol. The number of fused-ring (bicyclic) bond motifs is 2. The number of rotatable bonds is 7. The van der Waals surface area contributed by atoms with Gasteiger partial charge in [-0.3, -0.25) is 14.4 Å². The fraction of sp³-hybridized carbons (Fsp3) is 0.455. The van der Waals surface area contributed by atoms with Crippen molar-refractivity contribution in [2.24, 2.45) is 17.8 Å². The standard InChI is InChI=1S/C22H26N4O4/c1-13(27)24-17-3-2-4-18(11-17)26-21(29)19(25-22(26)30)7-8-20(28)23-12-16-10-14-5-6-15(16)9-14/h2-6,11,14-16,19H,7-10,12H2,1H3,(H,23,28)(H,24,27)(H,25,30)/t14?,15?,16?,19-/m0/s1. The lowest BCUT2D eigenvalue weighted by atomic mass is 9.93. The third-order valence-corrected chi connectivity index (χ3v) is 6.08. The van der Waals surface area contributed by atoms with E-state index in [1.165, 1.54) is 13.3 Å². The predicted octanol–water partition coefficient (Wildman–Crippen LogP) is 2.18. The quantitative estimate of drug-likeness (QED) is 0.473. The highest BCUT2D eigenvalue weighted by Gasteiger charge is 2.39. The van der Waals surface area contributed by atoms with Crippen LogP contribution in [0.3, 0.4) is 0 Å². The van der Waals surface area contributed by atoms with Crippen molar-refractivity contribution in [3.63, 3.8) is 0 Å². The highest BCUT2D eigenvalue weighted by Crippen LogP contribution is 2.42. The third kappa shape index (κ3) is 4.22. The van der Waals surface area contributed by atoms with Crippen molar-refractivity contribution in [3.05, 3.63) is 36.4 Å². The first-order valence-corrected chi connectivity index (χ1v) is 10.4. The van der Waals surface area contributed by atoms with Crippen LogP contribution in [0.1, 0.15) is 32.6 Å². The van der Waals surface area contributed by atoms with Crippen LogP contribution in [0.25, 0.3) is 0 Å². The summed E-state index contributed by atoms with van der Waals surface area (Å²) in [4.78, 5) is 49.6. The average molecular weight is 410 g/mol. The molecule has 4 rings (SSSR count). The summed E-state index contributed by atoms with van der Waals surface area (Å²) in [6, 6.07) is 5.26. The van der Waals surface area contributed by atoms with E-state index < -0.39 is 18.0 Å². The van der Waals surface area contributed by atoms with Crippen molar-refractivity contribution in [2.45, 2.75) is 38.6 Å². The van der Waals surface area contributed by atoms with Gasteiger partial charge in [-0.15, -0.1) is 0 Å². The van der Waals surface area contributed by atoms with Gasteiger partial charge in [0.25, 0.3) is 5.91 Å². The van der Waals surface area contributed by atoms with Crippen LogP contribution in [-0.4, -0.2) is 36.3 Å². The van der Waals surface area contributed by atoms with Gasteiger partial charge < -0.3 is 16.0 Å². The lowest BCUT2D eigenvalue weighted by Crippen LogP contribution is -2.34. The molecule has 3 unspecified atom stereocenters. The molecule has 1 aliphatic heterocycles. The molecule has 1 aromatic carbocycles. The number of allylic oxidation sites excluding steroid dienone is 2. The van der Waals surface area contributed by atoms with E-state index >= 15 is 0 Å². The summed E-state index contributed by atoms with van der Waals surface area (Å²) in [5, 5.41) is 8.26. The van der Waals surface area contributed by atoms with Gasteiger partial charge in [0.2, 0.25) is 11.8 Å². The smallest absolute Gasteiger partial charge is 0.329 e. The number of urea groups is 1. The normalized spacial score (nSPS) is 26.8. The number of carbonyl (C=O) groups excluding carboxylic acids is 4. The predicted molar refractivity (Wildman–Crippen MR) is 112 cm³/mol. The number of carbonyl (C=O) groups is 4. The fourth-order valence-electron chi connectivity index (χ4n) is 4.64. The summed E-state index contributed by atoms with van der Waals surface area (Å²) in [6.07, 6.45) is 7.28. The average Bonchev–Trinajstić information content (AvgIpc) is 3.39. The molecule has 2 aliphatic carbocycles. The Morgan fingerprint density at radius 3 is 2.73 bits per heavy atom. The van der Waals surface area contributed by atoms with Crippen LogP contribution in [0.4, 0.5) is 16.2 Å². The maximum absolute atomic E-state index is 12.7. The first kappa shape index (κ1) is 20.1. The van der Waals surface area contributed by atoms with Gasteiger partial charge in [-0.25, -0.2) is 9.69 Å². The minimum Gasteiger partial charge on any atom is -0.356 e. The Balaban J connectivity index is 1.29. The molecule has 8 heteroatoms. The van der Waals surface area contributed by atoms with Crippen LogP contribution in [0.5, 0.6) is 0 Å². The van der Waals surface area contributed by atoms with Crippen LogP contribution in [0.15, 0.2) is 36.4 Å². The zero-order valence-electron chi connectivity index (χ0n) is 16.9. The monoisotopic (exact) mass is 410 g/mol. The van der Waals surface area contributed by atoms with Gasteiger partial charge in [0, 0.05) is 25.6 Å². The molecule has 30 heavy (non-hydrogen) atoms. The molecule has 158 valence electrons. The van der Waals surface area contributed by atoms with Crippen LogP contribution >= 0.6 is 0 Å². The Morgan fingerprint density at radius 1 is 1.20 bits per heavy atom. The minimum absolute atomic E-state index is 0.102. The number of amides is 5. The second kappa shape index (κ2) is 8.30. The second-order valence-electron chi connectivity index (χ2n) is 8.29. The van der Waals surface area contributed by atoms with Crippen molar-refractivity contribution in [2.75, 3.05) is 16.8 Å². The molecule has 3 aliphatic rings. The molecule has 0 radical (unpaired) electrons. The summed E-state index contributed by atoms with van der Waals surface area (Å²) in [5.74, 6) is 1.00. The summed E-state index contributed by atoms with van der Waals surface area (Å²) < 4.78 is 0. The molecule has 0 aromatic heterocycles. The molecule has 4 atom stereocenters. The van der Waals surface area contributed by atoms with Crippen molar-refractivity contribution >= 4 is 35.1 Å². The Labute approximate surface area is 175 Å². The van der Waals surface area contributed by atoms with E-state index in [4.69, 9.17) is 0 Å². The molecule has 1 saturated heterocycles. The molecule has 8 nitrogen and oxygen atoms in total. The topological polar surface area (TPSA) is 108 Å². The van der Waals surface area contributed by atoms with Crippen LogP contribution < -0.4 is 20.9 Å². The number of nitrogens with one attached hydrogen (secondary N) is 3. The number of anilines is 2. The number of nitrogens with zero attached hydrogens (tertiary/aromatic N) is 1. The van der Waals surface area contributed by atoms with E-state index in [-0.39, 0.29) is 24.7 Å². The Morgan fingerprint density at radius 2 is 2.03 bits per heavy atom. The van der Waals surface area contributed by atoms with Crippen LogP contribution in [0, 0.1) is 17.8 Å². The van der Waals surface area contributed by atoms with Gasteiger partial charge in [-0.05, 0) is 55.2 Å². The van der Waals surface area contributed by atoms with Crippen LogP contribution in [0.2, 0.25) is 0 Å². The van der Waals surface area contributed by atoms with Gasteiger partial charge in [-0.2, -0.15) is 0 Å². The summed E-state index contributed by atoms with van der Waals surface area (Å²) >= 11 is 0. The largest absolute Gasteiger partial charge is 0.356 e. The molecule has 1 aromatic rings. The Hall–Kier alpha value is -3.16. The minimum atomic E-state index is -0.738. The van der Waals surface area contributed by atoms with E-state index in [0.29, 0.717) is 35.7 Å². The zero-order chi connectivity index (χ0) is 21.3. The second-order valence-corrected chi connectivity index (χ2v) is 8.29. The van der Waals surface area contributed by atoms with Crippen molar-refractivity contribution in [1.29, 1.82) is 0 Å². The lowest BCUT2D eigenvalue weighted by Gasteiger charge is -2.18. The molecule has 0 spiro atoms. The first-order chi connectivity index (χ1) is 14.4. The summed E-state index contributed by atoms with van der Waals surface area (Å²) in [6.45, 7) is 2.05. The number of imide groups is 1. The van der Waals surface area contributed by atoms with Gasteiger partial charge in [0.15, 0.2) is 0 Å². The van der Waals surface area contributed by atoms with Crippen molar-refractivity contribution in [1.82, 2.24) is 10.6 Å².